The Morgan fingerprint density at radius 3 is 2.33 bits per heavy atom. The van der Waals surface area contributed by atoms with Crippen LogP contribution in [0.2, 0.25) is 0 Å². The third kappa shape index (κ3) is 6.69. The van der Waals surface area contributed by atoms with E-state index in [0.717, 1.165) is 5.56 Å². The van der Waals surface area contributed by atoms with Crippen molar-refractivity contribution in [2.75, 3.05) is 19.6 Å². The summed E-state index contributed by atoms with van der Waals surface area (Å²) in [6.45, 7) is 2.69. The summed E-state index contributed by atoms with van der Waals surface area (Å²) >= 11 is 0. The highest BCUT2D eigenvalue weighted by molar-refractivity contribution is 7.89. The molecule has 0 unspecified atom stereocenters. The molecule has 0 saturated heterocycles. The van der Waals surface area contributed by atoms with Crippen LogP contribution in [-0.2, 0) is 21.4 Å². The second-order valence-electron chi connectivity index (χ2n) is 6.41. The quantitative estimate of drug-likeness (QED) is 0.558. The third-order valence-electron chi connectivity index (χ3n) is 4.31. The van der Waals surface area contributed by atoms with Crippen LogP contribution in [0.3, 0.4) is 0 Å². The zero-order valence-electron chi connectivity index (χ0n) is 16.7. The largest absolute Gasteiger partial charge is 0.343 e. The first-order chi connectivity index (χ1) is 14.4. The molecule has 0 aliphatic carbocycles. The number of carbonyl (C=O) groups is 2. The van der Waals surface area contributed by atoms with Gasteiger partial charge in [-0.1, -0.05) is 30.3 Å². The normalized spacial score (nSPS) is 10.8. The van der Waals surface area contributed by atoms with Gasteiger partial charge >= 0.3 is 0 Å². The Kier molecular flexibility index (Phi) is 8.53. The van der Waals surface area contributed by atoms with Crippen molar-refractivity contribution in [3.8, 4) is 6.07 Å². The summed E-state index contributed by atoms with van der Waals surface area (Å²) < 4.78 is 26.5. The minimum atomic E-state index is -3.74. The zero-order chi connectivity index (χ0) is 22.0. The van der Waals surface area contributed by atoms with E-state index in [0.29, 0.717) is 13.1 Å². The number of nitrogens with one attached hydrogen (secondary N) is 2. The van der Waals surface area contributed by atoms with E-state index in [1.807, 2.05) is 43.3 Å². The molecule has 0 aromatic heterocycles. The molecule has 0 aliphatic rings. The van der Waals surface area contributed by atoms with E-state index < -0.39 is 15.9 Å². The number of likely N-dealkylation sites (N-methyl/N-ethyl adjacent to an activating group) is 1. The highest BCUT2D eigenvalue weighted by Gasteiger charge is 2.16. The molecule has 0 bridgehead atoms. The number of hydrogen-bond donors (Lipinski definition) is 2. The van der Waals surface area contributed by atoms with Crippen LogP contribution < -0.4 is 10.0 Å². The number of hydrogen-bond acceptors (Lipinski definition) is 5. The molecule has 2 amide bonds. The molecule has 0 fully saturated rings. The molecule has 0 atom stereocenters. The highest BCUT2D eigenvalue weighted by Crippen LogP contribution is 2.11. The molecule has 30 heavy (non-hydrogen) atoms. The van der Waals surface area contributed by atoms with E-state index in [2.05, 4.69) is 10.0 Å². The van der Waals surface area contributed by atoms with Crippen molar-refractivity contribution in [3.05, 3.63) is 65.7 Å². The molecule has 2 rings (SSSR count). The average molecular weight is 429 g/mol. The molecule has 2 aromatic rings. The van der Waals surface area contributed by atoms with Crippen LogP contribution in [0.1, 0.15) is 29.3 Å². The fourth-order valence-corrected chi connectivity index (χ4v) is 3.69. The van der Waals surface area contributed by atoms with Crippen molar-refractivity contribution in [1.82, 2.24) is 14.9 Å². The second kappa shape index (κ2) is 11.1. The first kappa shape index (κ1) is 23.1. The van der Waals surface area contributed by atoms with E-state index in [1.54, 1.807) is 4.90 Å². The maximum Gasteiger partial charge on any atom is 0.251 e. The topological polar surface area (TPSA) is 119 Å². The van der Waals surface area contributed by atoms with Crippen LogP contribution in [-0.4, -0.2) is 44.8 Å². The molecule has 0 spiro atoms. The SMILES string of the molecule is CCN(Cc1ccccc1)C(=O)CNC(=O)c1ccc(S(=O)(=O)NCCC#N)cc1. The van der Waals surface area contributed by atoms with E-state index in [-0.39, 0.29) is 35.9 Å². The smallest absolute Gasteiger partial charge is 0.251 e. The van der Waals surface area contributed by atoms with Gasteiger partial charge in [0.2, 0.25) is 15.9 Å². The fourth-order valence-electron chi connectivity index (χ4n) is 2.66. The Morgan fingerprint density at radius 2 is 1.73 bits per heavy atom. The highest BCUT2D eigenvalue weighted by atomic mass is 32.2. The molecule has 2 N–H and O–H groups in total. The van der Waals surface area contributed by atoms with Crippen molar-refractivity contribution < 1.29 is 18.0 Å². The molecule has 9 heteroatoms. The predicted molar refractivity (Wildman–Crippen MR) is 112 cm³/mol. The van der Waals surface area contributed by atoms with Gasteiger partial charge < -0.3 is 10.2 Å². The van der Waals surface area contributed by atoms with Crippen LogP contribution in [0, 0.1) is 11.3 Å². The van der Waals surface area contributed by atoms with Crippen molar-refractivity contribution in [1.29, 1.82) is 5.26 Å². The summed E-state index contributed by atoms with van der Waals surface area (Å²) in [5.41, 5.74) is 1.24. The molecule has 0 radical (unpaired) electrons. The molecule has 2 aromatic carbocycles. The Hall–Kier alpha value is -3.22. The molecule has 158 valence electrons. The second-order valence-corrected chi connectivity index (χ2v) is 8.17. The minimum absolute atomic E-state index is 0.00640. The number of carbonyl (C=O) groups excluding carboxylic acids is 2. The first-order valence-electron chi connectivity index (χ1n) is 9.44. The first-order valence-corrected chi connectivity index (χ1v) is 10.9. The Bertz CT molecular complexity index is 1000. The lowest BCUT2D eigenvalue weighted by Crippen LogP contribution is -2.39. The van der Waals surface area contributed by atoms with Gasteiger partial charge in [-0.3, -0.25) is 9.59 Å². The van der Waals surface area contributed by atoms with Gasteiger partial charge in [0, 0.05) is 31.6 Å². The van der Waals surface area contributed by atoms with Gasteiger partial charge in [-0.15, -0.1) is 0 Å². The van der Waals surface area contributed by atoms with Crippen molar-refractivity contribution in [2.45, 2.75) is 24.8 Å². The minimum Gasteiger partial charge on any atom is -0.343 e. The van der Waals surface area contributed by atoms with E-state index in [4.69, 9.17) is 5.26 Å². The summed E-state index contributed by atoms with van der Waals surface area (Å²) in [5, 5.41) is 11.1. The number of rotatable bonds is 10. The number of sulfonamides is 1. The molecule has 0 aliphatic heterocycles. The molecular formula is C21H24N4O4S. The van der Waals surface area contributed by atoms with Gasteiger partial charge in [-0.2, -0.15) is 5.26 Å². The monoisotopic (exact) mass is 428 g/mol. The van der Waals surface area contributed by atoms with E-state index in [1.165, 1.54) is 24.3 Å². The van der Waals surface area contributed by atoms with Gasteiger partial charge in [0.05, 0.1) is 17.5 Å². The number of amides is 2. The average Bonchev–Trinajstić information content (AvgIpc) is 2.76. The predicted octanol–water partition coefficient (Wildman–Crippen LogP) is 1.66. The van der Waals surface area contributed by atoms with E-state index in [9.17, 15) is 18.0 Å². The standard InChI is InChI=1S/C21H24N4O4S/c1-2-25(16-17-7-4-3-5-8-17)20(26)15-23-21(27)18-9-11-19(12-10-18)30(28,29)24-14-6-13-22/h3-5,7-12,24H,2,6,14-16H2,1H3,(H,23,27). The molecule has 0 saturated carbocycles. The van der Waals surface area contributed by atoms with Gasteiger partial charge in [-0.05, 0) is 36.8 Å². The zero-order valence-corrected chi connectivity index (χ0v) is 17.5. The van der Waals surface area contributed by atoms with Crippen LogP contribution in [0.25, 0.3) is 0 Å². The van der Waals surface area contributed by atoms with Crippen LogP contribution in [0.15, 0.2) is 59.5 Å². The maximum atomic E-state index is 12.4. The molecule has 0 heterocycles. The Morgan fingerprint density at radius 1 is 1.07 bits per heavy atom. The summed E-state index contributed by atoms with van der Waals surface area (Å²) in [4.78, 5) is 26.4. The molecular weight excluding hydrogens is 404 g/mol. The van der Waals surface area contributed by atoms with Gasteiger partial charge in [0.25, 0.3) is 5.91 Å². The lowest BCUT2D eigenvalue weighted by atomic mass is 10.2. The lowest BCUT2D eigenvalue weighted by Gasteiger charge is -2.21. The summed E-state index contributed by atoms with van der Waals surface area (Å²) in [7, 11) is -3.74. The number of benzene rings is 2. The van der Waals surface area contributed by atoms with Crippen LogP contribution >= 0.6 is 0 Å². The van der Waals surface area contributed by atoms with Crippen LogP contribution in [0.5, 0.6) is 0 Å². The number of nitriles is 1. The molecule has 8 nitrogen and oxygen atoms in total. The van der Waals surface area contributed by atoms with Crippen molar-refractivity contribution in [3.63, 3.8) is 0 Å². The van der Waals surface area contributed by atoms with Crippen molar-refractivity contribution >= 4 is 21.8 Å². The third-order valence-corrected chi connectivity index (χ3v) is 5.78. The van der Waals surface area contributed by atoms with Crippen molar-refractivity contribution in [2.24, 2.45) is 0 Å². The van der Waals surface area contributed by atoms with E-state index >= 15 is 0 Å². The maximum absolute atomic E-state index is 12.4. The Labute approximate surface area is 176 Å². The summed E-state index contributed by atoms with van der Waals surface area (Å²) in [6.07, 6.45) is 0.0623. The fraction of sp³-hybridized carbons (Fsp3) is 0.286. The lowest BCUT2D eigenvalue weighted by molar-refractivity contribution is -0.130. The summed E-state index contributed by atoms with van der Waals surface area (Å²) in [6, 6.07) is 16.8. The van der Waals surface area contributed by atoms with Gasteiger partial charge in [-0.25, -0.2) is 13.1 Å². The summed E-state index contributed by atoms with van der Waals surface area (Å²) in [5.74, 6) is -0.684. The number of nitrogens with zero attached hydrogens (tertiary/aromatic N) is 2. The van der Waals surface area contributed by atoms with Gasteiger partial charge in [0.15, 0.2) is 0 Å². The van der Waals surface area contributed by atoms with Gasteiger partial charge in [0.1, 0.15) is 0 Å². The van der Waals surface area contributed by atoms with Crippen LogP contribution in [0.4, 0.5) is 0 Å². The Balaban J connectivity index is 1.92.